The number of rotatable bonds is 5. The zero-order valence-corrected chi connectivity index (χ0v) is 10.8. The molecular formula is C10H17ClF4N2O. The summed E-state index contributed by atoms with van der Waals surface area (Å²) in [6, 6.07) is -0.410. The lowest BCUT2D eigenvalue weighted by molar-refractivity contribution is -0.182. The van der Waals surface area contributed by atoms with Gasteiger partial charge >= 0.3 is 12.3 Å². The average molecular weight is 293 g/mol. The van der Waals surface area contributed by atoms with E-state index in [0.29, 0.717) is 25.9 Å². The Balaban J connectivity index is 0.00000289. The van der Waals surface area contributed by atoms with Gasteiger partial charge in [-0.2, -0.15) is 8.78 Å². The minimum atomic E-state index is -4.59. The molecule has 108 valence electrons. The van der Waals surface area contributed by atoms with Gasteiger partial charge in [0.15, 0.2) is 0 Å². The number of hydrogen-bond donors (Lipinski definition) is 1. The highest BCUT2D eigenvalue weighted by molar-refractivity contribution is 5.85. The van der Waals surface area contributed by atoms with E-state index in [1.807, 2.05) is 0 Å². The van der Waals surface area contributed by atoms with Crippen molar-refractivity contribution in [1.82, 2.24) is 10.2 Å². The van der Waals surface area contributed by atoms with E-state index in [-0.39, 0.29) is 19.0 Å². The van der Waals surface area contributed by atoms with Crippen LogP contribution in [0.25, 0.3) is 0 Å². The fraction of sp³-hybridized carbons (Fsp3) is 0.900. The van der Waals surface area contributed by atoms with Crippen LogP contribution in [0.5, 0.6) is 0 Å². The van der Waals surface area contributed by atoms with Crippen molar-refractivity contribution in [2.24, 2.45) is 0 Å². The number of nitrogens with zero attached hydrogens (tertiary/aromatic N) is 1. The largest absolute Gasteiger partial charge is 0.383 e. The summed E-state index contributed by atoms with van der Waals surface area (Å²) in [6.45, 7) is 2.78. The second-order valence-electron chi connectivity index (χ2n) is 4.07. The van der Waals surface area contributed by atoms with Gasteiger partial charge in [-0.3, -0.25) is 4.79 Å². The molecular weight excluding hydrogens is 276 g/mol. The molecule has 1 atom stereocenters. The fourth-order valence-corrected chi connectivity index (χ4v) is 1.88. The van der Waals surface area contributed by atoms with Crippen molar-refractivity contribution < 1.29 is 22.4 Å². The highest BCUT2D eigenvalue weighted by atomic mass is 35.5. The number of halogens is 5. The molecule has 1 aliphatic heterocycles. The molecule has 1 aliphatic rings. The van der Waals surface area contributed by atoms with Crippen LogP contribution >= 0.6 is 12.4 Å². The Bertz CT molecular complexity index is 273. The summed E-state index contributed by atoms with van der Waals surface area (Å²) in [5, 5.41) is 2.92. The quantitative estimate of drug-likeness (QED) is 0.785. The van der Waals surface area contributed by atoms with Gasteiger partial charge in [-0.15, -0.1) is 12.4 Å². The third-order valence-electron chi connectivity index (χ3n) is 2.76. The first-order chi connectivity index (χ1) is 7.91. The smallest absolute Gasteiger partial charge is 0.333 e. The standard InChI is InChI=1S/C10H16F4N2O.ClH/c1-2-5-16(7-3-4-15-6-7)9(17)10(13,14)8(11)12;/h7-8,15H,2-6H2,1H3;1H. The number of nitrogens with one attached hydrogen (secondary N) is 1. The first-order valence-corrected chi connectivity index (χ1v) is 5.59. The zero-order valence-electron chi connectivity index (χ0n) is 9.97. The van der Waals surface area contributed by atoms with Crippen LogP contribution in [0.4, 0.5) is 17.6 Å². The molecule has 1 rings (SSSR count). The van der Waals surface area contributed by atoms with E-state index >= 15 is 0 Å². The van der Waals surface area contributed by atoms with Crippen molar-refractivity contribution in [2.45, 2.75) is 38.2 Å². The Kier molecular flexibility index (Phi) is 6.91. The molecule has 0 aliphatic carbocycles. The highest BCUT2D eigenvalue weighted by Gasteiger charge is 2.52. The topological polar surface area (TPSA) is 32.3 Å². The van der Waals surface area contributed by atoms with Crippen LogP contribution in [-0.2, 0) is 4.79 Å². The van der Waals surface area contributed by atoms with Crippen molar-refractivity contribution in [2.75, 3.05) is 19.6 Å². The van der Waals surface area contributed by atoms with Crippen molar-refractivity contribution in [1.29, 1.82) is 0 Å². The summed E-state index contributed by atoms with van der Waals surface area (Å²) in [4.78, 5) is 12.3. The van der Waals surface area contributed by atoms with Gasteiger partial charge in [-0.05, 0) is 19.4 Å². The maximum atomic E-state index is 13.0. The Hall–Kier alpha value is -0.560. The molecule has 1 fully saturated rings. The van der Waals surface area contributed by atoms with Gasteiger partial charge in [0.1, 0.15) is 0 Å². The van der Waals surface area contributed by atoms with E-state index in [9.17, 15) is 22.4 Å². The van der Waals surface area contributed by atoms with E-state index in [4.69, 9.17) is 0 Å². The van der Waals surface area contributed by atoms with Crippen LogP contribution in [0, 0.1) is 0 Å². The number of alkyl halides is 4. The molecule has 0 saturated carbocycles. The monoisotopic (exact) mass is 292 g/mol. The Labute approximate surface area is 109 Å². The Morgan fingerprint density at radius 3 is 2.50 bits per heavy atom. The van der Waals surface area contributed by atoms with Crippen LogP contribution < -0.4 is 5.32 Å². The zero-order chi connectivity index (χ0) is 13.1. The third-order valence-corrected chi connectivity index (χ3v) is 2.76. The first-order valence-electron chi connectivity index (χ1n) is 5.59. The highest BCUT2D eigenvalue weighted by Crippen LogP contribution is 2.27. The van der Waals surface area contributed by atoms with Crippen LogP contribution in [-0.4, -0.2) is 48.8 Å². The summed E-state index contributed by atoms with van der Waals surface area (Å²) < 4.78 is 50.3. The lowest BCUT2D eigenvalue weighted by Gasteiger charge is -2.31. The van der Waals surface area contributed by atoms with Gasteiger partial charge in [0.2, 0.25) is 0 Å². The van der Waals surface area contributed by atoms with Gasteiger partial charge in [-0.1, -0.05) is 6.92 Å². The van der Waals surface area contributed by atoms with Gasteiger partial charge < -0.3 is 10.2 Å². The summed E-state index contributed by atoms with van der Waals surface area (Å²) in [5.41, 5.74) is 0. The molecule has 1 unspecified atom stereocenters. The number of carbonyl (C=O) groups is 1. The fourth-order valence-electron chi connectivity index (χ4n) is 1.88. The molecule has 0 aromatic rings. The third kappa shape index (κ3) is 3.71. The number of amides is 1. The molecule has 8 heteroatoms. The van der Waals surface area contributed by atoms with Gasteiger partial charge in [-0.25, -0.2) is 8.78 Å². The predicted molar refractivity (Wildman–Crippen MR) is 61.5 cm³/mol. The molecule has 1 amide bonds. The second kappa shape index (κ2) is 7.13. The lowest BCUT2D eigenvalue weighted by Crippen LogP contribution is -2.52. The Morgan fingerprint density at radius 2 is 2.11 bits per heavy atom. The lowest BCUT2D eigenvalue weighted by atomic mass is 10.1. The molecule has 0 aromatic heterocycles. The van der Waals surface area contributed by atoms with E-state index in [1.165, 1.54) is 0 Å². The maximum absolute atomic E-state index is 13.0. The van der Waals surface area contributed by atoms with Gasteiger partial charge in [0.05, 0.1) is 0 Å². The molecule has 18 heavy (non-hydrogen) atoms. The molecule has 0 bridgehead atoms. The first kappa shape index (κ1) is 17.4. The molecule has 3 nitrogen and oxygen atoms in total. The normalized spacial score (nSPS) is 19.8. The average Bonchev–Trinajstić information content (AvgIpc) is 2.77. The number of carbonyl (C=O) groups excluding carboxylic acids is 1. The SMILES string of the molecule is CCCN(C(=O)C(F)(F)C(F)F)C1CCNC1.Cl. The summed E-state index contributed by atoms with van der Waals surface area (Å²) in [6.07, 6.45) is -2.98. The van der Waals surface area contributed by atoms with Crippen molar-refractivity contribution in [3.05, 3.63) is 0 Å². The van der Waals surface area contributed by atoms with E-state index in [0.717, 1.165) is 4.90 Å². The van der Waals surface area contributed by atoms with Crippen molar-refractivity contribution >= 4 is 18.3 Å². The van der Waals surface area contributed by atoms with Crippen LogP contribution in [0.15, 0.2) is 0 Å². The van der Waals surface area contributed by atoms with Crippen LogP contribution in [0.2, 0.25) is 0 Å². The van der Waals surface area contributed by atoms with Gasteiger partial charge in [0, 0.05) is 19.1 Å². The van der Waals surface area contributed by atoms with E-state index in [1.54, 1.807) is 6.92 Å². The molecule has 0 spiro atoms. The van der Waals surface area contributed by atoms with Crippen molar-refractivity contribution in [3.8, 4) is 0 Å². The molecule has 1 N–H and O–H groups in total. The predicted octanol–water partition coefficient (Wildman–Crippen LogP) is 1.91. The van der Waals surface area contributed by atoms with Crippen LogP contribution in [0.1, 0.15) is 19.8 Å². The molecule has 0 aromatic carbocycles. The number of hydrogen-bond acceptors (Lipinski definition) is 2. The summed E-state index contributed by atoms with van der Waals surface area (Å²) in [7, 11) is 0. The van der Waals surface area contributed by atoms with Gasteiger partial charge in [0.25, 0.3) is 5.91 Å². The van der Waals surface area contributed by atoms with Crippen molar-refractivity contribution in [3.63, 3.8) is 0 Å². The minimum Gasteiger partial charge on any atom is -0.333 e. The summed E-state index contributed by atoms with van der Waals surface area (Å²) in [5.74, 6) is -6.35. The molecule has 0 radical (unpaired) electrons. The van der Waals surface area contributed by atoms with E-state index < -0.39 is 24.3 Å². The summed E-state index contributed by atoms with van der Waals surface area (Å²) >= 11 is 0. The minimum absolute atomic E-state index is 0. The molecule has 1 heterocycles. The maximum Gasteiger partial charge on any atom is 0.383 e. The molecule has 1 saturated heterocycles. The Morgan fingerprint density at radius 1 is 1.50 bits per heavy atom. The van der Waals surface area contributed by atoms with Crippen LogP contribution in [0.3, 0.4) is 0 Å². The van der Waals surface area contributed by atoms with E-state index in [2.05, 4.69) is 5.32 Å². The second-order valence-corrected chi connectivity index (χ2v) is 4.07.